The third-order valence-corrected chi connectivity index (χ3v) is 6.56. The van der Waals surface area contributed by atoms with Crippen LogP contribution in [0.25, 0.3) is 0 Å². The fourth-order valence-corrected chi connectivity index (χ4v) is 4.48. The molecular weight excluding hydrogens is 394 g/mol. The number of halogens is 1. The molecule has 1 aromatic heterocycles. The Bertz CT molecular complexity index is 905. The Kier molecular flexibility index (Phi) is 6.63. The first-order valence-corrected chi connectivity index (χ1v) is 10.8. The summed E-state index contributed by atoms with van der Waals surface area (Å²) >= 11 is 7.65. The van der Waals surface area contributed by atoms with E-state index in [-0.39, 0.29) is 11.3 Å². The molecule has 28 heavy (non-hydrogen) atoms. The van der Waals surface area contributed by atoms with E-state index in [1.54, 1.807) is 29.5 Å². The largest absolute Gasteiger partial charge is 0.496 e. The number of piperidine rings is 1. The molecule has 2 heterocycles. The minimum absolute atomic E-state index is 0.00300. The fraction of sp³-hybridized carbons (Fsp3) is 0.524. The van der Waals surface area contributed by atoms with Crippen molar-refractivity contribution in [2.75, 3.05) is 13.7 Å². The topological polar surface area (TPSA) is 55.6 Å². The Hall–Kier alpha value is -1.63. The molecule has 1 amide bonds. The van der Waals surface area contributed by atoms with E-state index in [9.17, 15) is 4.79 Å². The van der Waals surface area contributed by atoms with Crippen molar-refractivity contribution in [2.24, 2.45) is 4.99 Å². The summed E-state index contributed by atoms with van der Waals surface area (Å²) in [4.78, 5) is 19.3. The van der Waals surface area contributed by atoms with Crippen molar-refractivity contribution >= 4 is 28.8 Å². The van der Waals surface area contributed by atoms with Crippen molar-refractivity contribution in [1.29, 1.82) is 0 Å². The van der Waals surface area contributed by atoms with Gasteiger partial charge in [-0.2, -0.15) is 4.99 Å². The molecule has 1 aliphatic heterocycles. The Morgan fingerprint density at radius 3 is 2.82 bits per heavy atom. The first-order chi connectivity index (χ1) is 13.3. The lowest BCUT2D eigenvalue weighted by Crippen LogP contribution is -2.39. The van der Waals surface area contributed by atoms with Gasteiger partial charge in [-0.1, -0.05) is 38.8 Å². The number of hydrogen-bond acceptors (Lipinski definition) is 4. The summed E-state index contributed by atoms with van der Waals surface area (Å²) < 4.78 is 7.43. The van der Waals surface area contributed by atoms with Gasteiger partial charge in [-0.05, 0) is 43.0 Å². The summed E-state index contributed by atoms with van der Waals surface area (Å²) in [6.07, 6.45) is 5.74. The normalized spacial score (nSPS) is 18.3. The van der Waals surface area contributed by atoms with E-state index in [2.05, 4.69) is 41.8 Å². The zero-order valence-corrected chi connectivity index (χ0v) is 18.5. The second-order valence-corrected chi connectivity index (χ2v) is 9.63. The number of aromatic nitrogens is 1. The maximum absolute atomic E-state index is 12.9. The van der Waals surface area contributed by atoms with E-state index in [0.717, 1.165) is 19.5 Å². The zero-order chi connectivity index (χ0) is 20.3. The molecule has 1 aromatic carbocycles. The van der Waals surface area contributed by atoms with Gasteiger partial charge in [0.15, 0.2) is 4.80 Å². The molecule has 1 saturated heterocycles. The number of carbonyl (C=O) groups is 1. The maximum Gasteiger partial charge on any atom is 0.283 e. The van der Waals surface area contributed by atoms with Gasteiger partial charge in [0.2, 0.25) is 0 Å². The van der Waals surface area contributed by atoms with Crippen LogP contribution in [-0.4, -0.2) is 30.2 Å². The number of amides is 1. The van der Waals surface area contributed by atoms with Crippen molar-refractivity contribution in [2.45, 2.75) is 58.0 Å². The molecule has 2 aromatic rings. The molecular formula is C21H28ClN3O2S. The molecule has 1 aliphatic rings. The quantitative estimate of drug-likeness (QED) is 0.796. The van der Waals surface area contributed by atoms with Crippen molar-refractivity contribution in [3.8, 4) is 5.75 Å². The van der Waals surface area contributed by atoms with Crippen LogP contribution in [0.5, 0.6) is 5.75 Å². The summed E-state index contributed by atoms with van der Waals surface area (Å²) in [7, 11) is 1.54. The highest BCUT2D eigenvalue weighted by Gasteiger charge is 2.21. The zero-order valence-electron chi connectivity index (χ0n) is 16.9. The average Bonchev–Trinajstić information content (AvgIpc) is 3.05. The van der Waals surface area contributed by atoms with E-state index in [0.29, 0.717) is 27.2 Å². The van der Waals surface area contributed by atoms with Gasteiger partial charge in [-0.15, -0.1) is 11.3 Å². The molecule has 0 unspecified atom stereocenters. The molecule has 7 heteroatoms. The molecule has 1 atom stereocenters. The summed E-state index contributed by atoms with van der Waals surface area (Å²) in [5.41, 5.74) is 0.375. The first-order valence-electron chi connectivity index (χ1n) is 9.64. The van der Waals surface area contributed by atoms with Crippen LogP contribution in [-0.2, 0) is 12.0 Å². The number of nitrogens with zero attached hydrogens (tertiary/aromatic N) is 2. The molecule has 1 N–H and O–H groups in total. The van der Waals surface area contributed by atoms with Gasteiger partial charge in [-0.3, -0.25) is 4.79 Å². The van der Waals surface area contributed by atoms with Crippen LogP contribution in [0.4, 0.5) is 0 Å². The molecule has 0 bridgehead atoms. The van der Waals surface area contributed by atoms with E-state index < -0.39 is 0 Å². The number of methoxy groups -OCH3 is 1. The minimum Gasteiger partial charge on any atom is -0.496 e. The van der Waals surface area contributed by atoms with Crippen molar-refractivity contribution in [3.05, 3.63) is 44.7 Å². The van der Waals surface area contributed by atoms with E-state index in [1.165, 1.54) is 24.8 Å². The highest BCUT2D eigenvalue weighted by molar-refractivity contribution is 7.09. The Labute approximate surface area is 175 Å². The predicted molar refractivity (Wildman–Crippen MR) is 115 cm³/mol. The van der Waals surface area contributed by atoms with E-state index in [1.807, 2.05) is 0 Å². The van der Waals surface area contributed by atoms with Crippen LogP contribution in [0, 0.1) is 0 Å². The first kappa shape index (κ1) is 21.1. The summed E-state index contributed by atoms with van der Waals surface area (Å²) in [5.74, 6) is 0.137. The van der Waals surface area contributed by atoms with Gasteiger partial charge >= 0.3 is 0 Å². The van der Waals surface area contributed by atoms with Crippen LogP contribution < -0.4 is 14.9 Å². The van der Waals surface area contributed by atoms with E-state index in [4.69, 9.17) is 16.3 Å². The van der Waals surface area contributed by atoms with Gasteiger partial charge in [0.05, 0.1) is 12.7 Å². The van der Waals surface area contributed by atoms with E-state index >= 15 is 0 Å². The molecule has 0 aliphatic carbocycles. The lowest BCUT2D eigenvalue weighted by atomic mass is 9.95. The number of ether oxygens (including phenoxy) is 1. The molecule has 152 valence electrons. The monoisotopic (exact) mass is 421 g/mol. The standard InChI is InChI=1S/C21H28ClN3O2S/c1-21(2,3)18-13-25(12-15-7-5-6-10-23-15)20(28-18)24-19(26)16-11-14(22)8-9-17(16)27-4/h8-9,11,13,15,23H,5-7,10,12H2,1-4H3/b24-20-/t15-/m1/s1. The maximum atomic E-state index is 12.9. The van der Waals surface area contributed by atoms with Crippen molar-refractivity contribution < 1.29 is 9.53 Å². The second kappa shape index (κ2) is 8.80. The van der Waals surface area contributed by atoms with Crippen molar-refractivity contribution in [3.63, 3.8) is 0 Å². The third kappa shape index (κ3) is 5.04. The van der Waals surface area contributed by atoms with Crippen LogP contribution in [0.3, 0.4) is 0 Å². The number of thiazole rings is 1. The SMILES string of the molecule is COc1ccc(Cl)cc1C(=O)/N=c1\sc(C(C)(C)C)cn1C[C@H]1CCCCN1. The molecule has 5 nitrogen and oxygen atoms in total. The summed E-state index contributed by atoms with van der Waals surface area (Å²) in [6, 6.07) is 5.41. The average molecular weight is 422 g/mol. The minimum atomic E-state index is -0.341. The molecule has 0 saturated carbocycles. The van der Waals surface area contributed by atoms with Gasteiger partial charge in [-0.25, -0.2) is 0 Å². The fourth-order valence-electron chi connectivity index (χ4n) is 3.26. The molecule has 3 rings (SSSR count). The molecule has 0 radical (unpaired) electrons. The van der Waals surface area contributed by atoms with Gasteiger partial charge in [0, 0.05) is 28.7 Å². The molecule has 0 spiro atoms. The van der Waals surface area contributed by atoms with Crippen LogP contribution in [0.1, 0.15) is 55.3 Å². The number of hydrogen-bond donors (Lipinski definition) is 1. The van der Waals surface area contributed by atoms with Crippen LogP contribution in [0.2, 0.25) is 5.02 Å². The van der Waals surface area contributed by atoms with Gasteiger partial charge in [0.25, 0.3) is 5.91 Å². The third-order valence-electron chi connectivity index (χ3n) is 4.88. The van der Waals surface area contributed by atoms with Crippen molar-refractivity contribution in [1.82, 2.24) is 9.88 Å². The summed E-state index contributed by atoms with van der Waals surface area (Å²) in [6.45, 7) is 8.38. The Morgan fingerprint density at radius 2 is 2.18 bits per heavy atom. The lowest BCUT2D eigenvalue weighted by molar-refractivity contribution is 0.0994. The highest BCUT2D eigenvalue weighted by atomic mass is 35.5. The Morgan fingerprint density at radius 1 is 1.39 bits per heavy atom. The van der Waals surface area contributed by atoms with Crippen LogP contribution >= 0.6 is 22.9 Å². The number of rotatable bonds is 4. The lowest BCUT2D eigenvalue weighted by Gasteiger charge is -2.23. The number of nitrogens with one attached hydrogen (secondary N) is 1. The predicted octanol–water partition coefficient (Wildman–Crippen LogP) is 4.39. The molecule has 1 fully saturated rings. The number of carbonyl (C=O) groups excluding carboxylic acids is 1. The van der Waals surface area contributed by atoms with Gasteiger partial charge < -0.3 is 14.6 Å². The summed E-state index contributed by atoms with van der Waals surface area (Å²) in [5, 5.41) is 4.06. The highest BCUT2D eigenvalue weighted by Crippen LogP contribution is 2.26. The second-order valence-electron chi connectivity index (χ2n) is 8.19. The Balaban J connectivity index is 2.00. The van der Waals surface area contributed by atoms with Gasteiger partial charge in [0.1, 0.15) is 5.75 Å². The smallest absolute Gasteiger partial charge is 0.283 e. The van der Waals surface area contributed by atoms with Crippen LogP contribution in [0.15, 0.2) is 29.4 Å². The number of benzene rings is 1.